The molecule has 0 aliphatic carbocycles. The molecule has 0 saturated carbocycles. The van der Waals surface area contributed by atoms with Gasteiger partial charge >= 0.3 is 6.18 Å². The van der Waals surface area contributed by atoms with Crippen LogP contribution in [-0.4, -0.2) is 43.0 Å². The number of hydrogen-bond donors (Lipinski definition) is 1. The fourth-order valence-corrected chi connectivity index (χ4v) is 4.17. The molecule has 9 heteroatoms. The maximum absolute atomic E-state index is 12.6. The lowest BCUT2D eigenvalue weighted by Crippen LogP contribution is -2.45. The zero-order valence-electron chi connectivity index (χ0n) is 17.2. The van der Waals surface area contributed by atoms with Crippen molar-refractivity contribution in [2.24, 2.45) is 0 Å². The van der Waals surface area contributed by atoms with E-state index in [1.165, 1.54) is 6.07 Å². The number of carbonyl (C=O) groups is 1. The van der Waals surface area contributed by atoms with Crippen molar-refractivity contribution >= 4 is 17.7 Å². The van der Waals surface area contributed by atoms with Gasteiger partial charge in [-0.05, 0) is 49.6 Å². The number of amides is 1. The number of thioether (sulfide) groups is 1. The molecule has 168 valence electrons. The molecule has 1 aromatic heterocycles. The molecule has 0 atom stereocenters. The Morgan fingerprint density at radius 3 is 2.48 bits per heavy atom. The van der Waals surface area contributed by atoms with Crippen molar-refractivity contribution in [3.8, 4) is 5.75 Å². The van der Waals surface area contributed by atoms with Crippen LogP contribution in [0.25, 0.3) is 0 Å². The highest BCUT2D eigenvalue weighted by Gasteiger charge is 2.35. The van der Waals surface area contributed by atoms with Gasteiger partial charge in [0.1, 0.15) is 5.75 Å². The van der Waals surface area contributed by atoms with Crippen LogP contribution >= 0.6 is 11.8 Å². The number of halogens is 3. The molecule has 0 radical (unpaired) electrons. The first-order valence-corrected chi connectivity index (χ1v) is 11.0. The van der Waals surface area contributed by atoms with E-state index in [9.17, 15) is 18.0 Å². The van der Waals surface area contributed by atoms with Gasteiger partial charge in [0.25, 0.3) is 0 Å². The van der Waals surface area contributed by atoms with E-state index in [0.29, 0.717) is 31.4 Å². The summed E-state index contributed by atoms with van der Waals surface area (Å²) >= 11 is 1.10. The summed E-state index contributed by atoms with van der Waals surface area (Å²) in [7, 11) is 0. The zero-order chi connectivity index (χ0) is 22.3. The molecule has 1 fully saturated rings. The van der Waals surface area contributed by atoms with Crippen molar-refractivity contribution in [2.75, 3.05) is 32.1 Å². The molecular weight excluding hydrogens is 429 g/mol. The maximum atomic E-state index is 12.6. The summed E-state index contributed by atoms with van der Waals surface area (Å²) in [5.74, 6) is 0.690. The zero-order valence-corrected chi connectivity index (χ0v) is 18.0. The van der Waals surface area contributed by atoms with Gasteiger partial charge in [-0.25, -0.2) is 4.98 Å². The summed E-state index contributed by atoms with van der Waals surface area (Å²) in [6.07, 6.45) is -2.07. The summed E-state index contributed by atoms with van der Waals surface area (Å²) < 4.78 is 48.9. The van der Waals surface area contributed by atoms with E-state index in [2.05, 4.69) is 10.3 Å². The minimum atomic E-state index is -4.42. The summed E-state index contributed by atoms with van der Waals surface area (Å²) in [4.78, 5) is 16.2. The van der Waals surface area contributed by atoms with Crippen LogP contribution in [0.1, 0.15) is 30.9 Å². The standard InChI is InChI=1S/C22H25F3N2O3S/c1-2-30-18-6-3-16(4-7-18)21(9-11-29-12-10-21)15-27-19(28)14-31-20-8-5-17(13-26-20)22(23,24)25/h3-8,13H,2,9-12,14-15H2,1H3,(H,27,28). The van der Waals surface area contributed by atoms with Gasteiger partial charge in [0.2, 0.25) is 5.91 Å². The number of benzene rings is 1. The molecule has 2 heterocycles. The molecule has 2 aromatic rings. The Labute approximate surface area is 183 Å². The molecule has 1 amide bonds. The third kappa shape index (κ3) is 6.36. The van der Waals surface area contributed by atoms with Gasteiger partial charge in [0, 0.05) is 31.4 Å². The lowest BCUT2D eigenvalue weighted by atomic mass is 9.74. The fourth-order valence-electron chi connectivity index (χ4n) is 3.49. The summed E-state index contributed by atoms with van der Waals surface area (Å²) in [5, 5.41) is 3.35. The molecule has 1 N–H and O–H groups in total. The van der Waals surface area contributed by atoms with Gasteiger partial charge in [0.05, 0.1) is 22.9 Å². The predicted molar refractivity (Wildman–Crippen MR) is 112 cm³/mol. The second kappa shape index (κ2) is 10.4. The quantitative estimate of drug-likeness (QED) is 0.597. The average Bonchev–Trinajstić information content (AvgIpc) is 2.77. The Hall–Kier alpha value is -2.26. The highest BCUT2D eigenvalue weighted by molar-refractivity contribution is 7.99. The van der Waals surface area contributed by atoms with Crippen LogP contribution in [0, 0.1) is 0 Å². The number of aromatic nitrogens is 1. The van der Waals surface area contributed by atoms with Crippen molar-refractivity contribution in [1.82, 2.24) is 10.3 Å². The van der Waals surface area contributed by atoms with Crippen LogP contribution in [0.15, 0.2) is 47.6 Å². The highest BCUT2D eigenvalue weighted by Crippen LogP contribution is 2.35. The summed E-state index contributed by atoms with van der Waals surface area (Å²) in [5.41, 5.74) is 0.0883. The molecule has 0 unspecified atom stereocenters. The number of ether oxygens (including phenoxy) is 2. The van der Waals surface area contributed by atoms with Gasteiger partial charge in [0.15, 0.2) is 0 Å². The first-order chi connectivity index (χ1) is 14.8. The number of carbonyl (C=O) groups excluding carboxylic acids is 1. The SMILES string of the molecule is CCOc1ccc(C2(CNC(=O)CSc3ccc(C(F)(F)F)cn3)CCOCC2)cc1. The summed E-state index contributed by atoms with van der Waals surface area (Å²) in [6.45, 7) is 4.23. The predicted octanol–water partition coefficient (Wildman–Crippen LogP) is 4.46. The molecule has 1 aliphatic rings. The van der Waals surface area contributed by atoms with Crippen LogP contribution in [-0.2, 0) is 21.1 Å². The van der Waals surface area contributed by atoms with Crippen LogP contribution in [0.4, 0.5) is 13.2 Å². The Bertz CT molecular complexity index is 852. The van der Waals surface area contributed by atoms with E-state index in [-0.39, 0.29) is 17.1 Å². The lowest BCUT2D eigenvalue weighted by molar-refractivity contribution is -0.137. The highest BCUT2D eigenvalue weighted by atomic mass is 32.2. The monoisotopic (exact) mass is 454 g/mol. The van der Waals surface area contributed by atoms with Gasteiger partial charge in [-0.2, -0.15) is 13.2 Å². The Morgan fingerprint density at radius 2 is 1.90 bits per heavy atom. The van der Waals surface area contributed by atoms with Crippen LogP contribution < -0.4 is 10.1 Å². The van der Waals surface area contributed by atoms with Gasteiger partial charge < -0.3 is 14.8 Å². The molecule has 31 heavy (non-hydrogen) atoms. The maximum Gasteiger partial charge on any atom is 0.417 e. The molecule has 1 aromatic carbocycles. The van der Waals surface area contributed by atoms with E-state index in [1.807, 2.05) is 31.2 Å². The number of pyridine rings is 1. The van der Waals surface area contributed by atoms with Crippen LogP contribution in [0.5, 0.6) is 5.75 Å². The number of rotatable bonds is 8. The Kier molecular flexibility index (Phi) is 7.83. The molecule has 5 nitrogen and oxygen atoms in total. The normalized spacial score (nSPS) is 16.0. The largest absolute Gasteiger partial charge is 0.494 e. The van der Waals surface area contributed by atoms with E-state index in [1.54, 1.807) is 0 Å². The van der Waals surface area contributed by atoms with E-state index < -0.39 is 11.7 Å². The van der Waals surface area contributed by atoms with E-state index >= 15 is 0 Å². The molecule has 1 saturated heterocycles. The first kappa shape index (κ1) is 23.4. The number of nitrogens with one attached hydrogen (secondary N) is 1. The van der Waals surface area contributed by atoms with Crippen LogP contribution in [0.2, 0.25) is 0 Å². The van der Waals surface area contributed by atoms with Crippen molar-refractivity contribution in [1.29, 1.82) is 0 Å². The number of nitrogens with zero attached hydrogens (tertiary/aromatic N) is 1. The molecule has 0 bridgehead atoms. The van der Waals surface area contributed by atoms with Crippen molar-refractivity contribution < 1.29 is 27.4 Å². The minimum absolute atomic E-state index is 0.0776. The molecular formula is C22H25F3N2O3S. The minimum Gasteiger partial charge on any atom is -0.494 e. The lowest BCUT2D eigenvalue weighted by Gasteiger charge is -2.38. The molecule has 3 rings (SSSR count). The molecule has 1 aliphatic heterocycles. The smallest absolute Gasteiger partial charge is 0.417 e. The van der Waals surface area contributed by atoms with Gasteiger partial charge in [-0.3, -0.25) is 4.79 Å². The Morgan fingerprint density at radius 1 is 1.19 bits per heavy atom. The third-order valence-corrected chi connectivity index (χ3v) is 6.21. The van der Waals surface area contributed by atoms with Crippen molar-refractivity contribution in [3.05, 3.63) is 53.7 Å². The van der Waals surface area contributed by atoms with Gasteiger partial charge in [-0.15, -0.1) is 0 Å². The summed E-state index contributed by atoms with van der Waals surface area (Å²) in [6, 6.07) is 10.2. The van der Waals surface area contributed by atoms with Crippen molar-refractivity contribution in [2.45, 2.75) is 36.4 Å². The second-order valence-corrected chi connectivity index (χ2v) is 8.29. The first-order valence-electron chi connectivity index (χ1n) is 10.1. The molecule has 0 spiro atoms. The second-order valence-electron chi connectivity index (χ2n) is 7.30. The van der Waals surface area contributed by atoms with E-state index in [4.69, 9.17) is 9.47 Å². The van der Waals surface area contributed by atoms with Crippen LogP contribution in [0.3, 0.4) is 0 Å². The fraction of sp³-hybridized carbons (Fsp3) is 0.455. The number of hydrogen-bond acceptors (Lipinski definition) is 5. The van der Waals surface area contributed by atoms with E-state index in [0.717, 1.165) is 48.2 Å². The Balaban J connectivity index is 1.58. The van der Waals surface area contributed by atoms with Crippen molar-refractivity contribution in [3.63, 3.8) is 0 Å². The topological polar surface area (TPSA) is 60.5 Å². The number of alkyl halides is 3. The third-order valence-electron chi connectivity index (χ3n) is 5.27. The van der Waals surface area contributed by atoms with Gasteiger partial charge in [-0.1, -0.05) is 23.9 Å². The average molecular weight is 455 g/mol.